The summed E-state index contributed by atoms with van der Waals surface area (Å²) in [5, 5.41) is 12.5. The molecule has 0 spiro atoms. The van der Waals surface area contributed by atoms with Gasteiger partial charge >= 0.3 is 12.0 Å². The molecule has 232 valence electrons. The molecule has 0 saturated carbocycles. The second-order valence-electron chi connectivity index (χ2n) is 10.5. The van der Waals surface area contributed by atoms with Crippen molar-refractivity contribution in [3.05, 3.63) is 78.1 Å². The van der Waals surface area contributed by atoms with Crippen molar-refractivity contribution in [3.8, 4) is 23.0 Å². The normalized spacial score (nSPS) is 16.8. The number of likely N-dealkylation sites (N-methyl/N-ethyl adjacent to an activating group) is 1. The van der Waals surface area contributed by atoms with E-state index in [-0.39, 0.29) is 6.01 Å². The number of anilines is 1. The van der Waals surface area contributed by atoms with Gasteiger partial charge in [0.25, 0.3) is 0 Å². The Morgan fingerprint density at radius 1 is 1.14 bits per heavy atom. The van der Waals surface area contributed by atoms with Crippen molar-refractivity contribution < 1.29 is 23.5 Å². The van der Waals surface area contributed by atoms with E-state index >= 15 is 0 Å². The van der Waals surface area contributed by atoms with Gasteiger partial charge < -0.3 is 19.7 Å². The van der Waals surface area contributed by atoms with Crippen LogP contribution in [0, 0.1) is 12.9 Å². The maximum absolute atomic E-state index is 14.0. The van der Waals surface area contributed by atoms with Crippen LogP contribution in [0.4, 0.5) is 15.0 Å². The number of nitrogens with one attached hydrogen (secondary N) is 2. The molecule has 1 fully saturated rings. The lowest BCUT2D eigenvalue weighted by Crippen LogP contribution is -2.42. The number of carbonyl (C=O) groups excluding carboxylic acids is 1. The Morgan fingerprint density at radius 2 is 1.91 bits per heavy atom. The van der Waals surface area contributed by atoms with Gasteiger partial charge in [-0.15, -0.1) is 0 Å². The van der Waals surface area contributed by atoms with E-state index in [2.05, 4.69) is 25.6 Å². The summed E-state index contributed by atoms with van der Waals surface area (Å²) in [6.45, 7) is 4.35. The number of benzene rings is 1. The Kier molecular flexibility index (Phi) is 10.1. The number of pyridine rings is 1. The number of ether oxygens (including phenoxy) is 2. The largest absolute Gasteiger partial charge is 0.462 e. The number of hydrogen-bond acceptors (Lipinski definition) is 10. The Labute approximate surface area is 254 Å². The van der Waals surface area contributed by atoms with Crippen molar-refractivity contribution in [2.45, 2.75) is 19.1 Å². The molecule has 1 saturated heterocycles. The highest BCUT2D eigenvalue weighted by Crippen LogP contribution is 2.32. The minimum atomic E-state index is -0.628. The van der Waals surface area contributed by atoms with Gasteiger partial charge in [0.1, 0.15) is 24.2 Å². The topological polar surface area (TPSA) is 132 Å². The fourth-order valence-corrected chi connectivity index (χ4v) is 4.76. The summed E-state index contributed by atoms with van der Waals surface area (Å²) in [5.74, 6) is -0.159. The average Bonchev–Trinajstić information content (AvgIpc) is 3.57. The number of halogens is 1. The molecule has 0 aliphatic carbocycles. The van der Waals surface area contributed by atoms with Crippen LogP contribution in [0.5, 0.6) is 6.01 Å². The molecule has 2 N–H and O–H groups in total. The van der Waals surface area contributed by atoms with Crippen LogP contribution >= 0.6 is 0 Å². The van der Waals surface area contributed by atoms with Gasteiger partial charge in [-0.05, 0) is 50.8 Å². The number of hydrogen-bond donors (Lipinski definition) is 2. The van der Waals surface area contributed by atoms with E-state index in [0.29, 0.717) is 54.5 Å². The fourth-order valence-electron chi connectivity index (χ4n) is 4.76. The van der Waals surface area contributed by atoms with Crippen LogP contribution < -0.4 is 15.4 Å². The predicted octanol–water partition coefficient (Wildman–Crippen LogP) is 3.24. The Hall–Kier alpha value is -4.50. The van der Waals surface area contributed by atoms with Crippen LogP contribution in [0.1, 0.15) is 17.2 Å². The first kappa shape index (κ1) is 30.9. The number of amides is 2. The SMILES string of the molecule is COCCN1C[C@@H](NC(=O)Nc2c(C)c(-c3cnc(OCCN(C)C)nc3)nn2-c2ccccc2)[C@H](c2ccnc(F)c2)O1. The minimum Gasteiger partial charge on any atom is -0.462 e. The molecule has 2 amide bonds. The molecule has 4 heterocycles. The van der Waals surface area contributed by atoms with Crippen LogP contribution in [0.25, 0.3) is 16.9 Å². The molecule has 2 atom stereocenters. The second-order valence-corrected chi connectivity index (χ2v) is 10.5. The third kappa shape index (κ3) is 7.52. The molecule has 1 aliphatic rings. The molecule has 0 bridgehead atoms. The van der Waals surface area contributed by atoms with Crippen molar-refractivity contribution in [1.82, 2.24) is 40.0 Å². The van der Waals surface area contributed by atoms with Crippen LogP contribution in [-0.2, 0) is 9.57 Å². The summed E-state index contributed by atoms with van der Waals surface area (Å²) < 4.78 is 26.4. The van der Waals surface area contributed by atoms with Crippen LogP contribution in [-0.4, -0.2) is 101 Å². The van der Waals surface area contributed by atoms with Gasteiger partial charge in [0, 0.05) is 56.5 Å². The Morgan fingerprint density at radius 3 is 2.61 bits per heavy atom. The van der Waals surface area contributed by atoms with Crippen molar-refractivity contribution in [1.29, 1.82) is 0 Å². The lowest BCUT2D eigenvalue weighted by molar-refractivity contribution is -0.154. The first-order chi connectivity index (χ1) is 21.3. The molecular weight excluding hydrogens is 569 g/mol. The van der Waals surface area contributed by atoms with Crippen molar-refractivity contribution in [3.63, 3.8) is 0 Å². The summed E-state index contributed by atoms with van der Waals surface area (Å²) in [6, 6.07) is 11.8. The van der Waals surface area contributed by atoms with E-state index in [0.717, 1.165) is 12.2 Å². The molecule has 0 radical (unpaired) electrons. The molecule has 5 rings (SSSR count). The van der Waals surface area contributed by atoms with E-state index in [1.54, 1.807) is 35.3 Å². The lowest BCUT2D eigenvalue weighted by Gasteiger charge is -2.19. The van der Waals surface area contributed by atoms with Gasteiger partial charge in [0.2, 0.25) is 5.95 Å². The maximum Gasteiger partial charge on any atom is 0.320 e. The monoisotopic (exact) mass is 605 g/mol. The standard InChI is InChI=1S/C30H36FN9O4/c1-20-26(22-17-33-30(34-18-22)43-15-12-38(2)3)37-40(23-8-6-5-7-9-23)28(20)36-29(41)35-24-19-39(13-14-42-4)44-27(24)21-10-11-32-25(31)16-21/h5-11,16-18,24,27H,12-15,19H2,1-4H3,(H2,35,36,41)/t24-,27+/m1/s1. The van der Waals surface area contributed by atoms with Gasteiger partial charge in [0.15, 0.2) is 0 Å². The van der Waals surface area contributed by atoms with E-state index < -0.39 is 24.1 Å². The van der Waals surface area contributed by atoms with Crippen LogP contribution in [0.2, 0.25) is 0 Å². The Balaban J connectivity index is 1.38. The van der Waals surface area contributed by atoms with Crippen LogP contribution in [0.15, 0.2) is 61.1 Å². The van der Waals surface area contributed by atoms with Gasteiger partial charge in [-0.25, -0.2) is 24.4 Å². The van der Waals surface area contributed by atoms with E-state index in [1.165, 1.54) is 12.3 Å². The third-order valence-electron chi connectivity index (χ3n) is 7.00. The number of rotatable bonds is 12. The van der Waals surface area contributed by atoms with Gasteiger partial charge in [-0.3, -0.25) is 10.2 Å². The summed E-state index contributed by atoms with van der Waals surface area (Å²) in [7, 11) is 5.53. The average molecular weight is 606 g/mol. The third-order valence-corrected chi connectivity index (χ3v) is 7.00. The van der Waals surface area contributed by atoms with Crippen molar-refractivity contribution >= 4 is 11.8 Å². The molecule has 1 aromatic carbocycles. The highest BCUT2D eigenvalue weighted by molar-refractivity contribution is 5.91. The van der Waals surface area contributed by atoms with Gasteiger partial charge in [-0.2, -0.15) is 14.6 Å². The summed E-state index contributed by atoms with van der Waals surface area (Å²) >= 11 is 0. The quantitative estimate of drug-likeness (QED) is 0.232. The number of hydroxylamine groups is 2. The molecule has 44 heavy (non-hydrogen) atoms. The first-order valence-corrected chi connectivity index (χ1v) is 14.2. The fraction of sp³-hybridized carbons (Fsp3) is 0.367. The molecule has 0 unspecified atom stereocenters. The molecule has 1 aliphatic heterocycles. The number of nitrogens with zero attached hydrogens (tertiary/aromatic N) is 7. The highest BCUT2D eigenvalue weighted by atomic mass is 19.1. The van der Waals surface area contributed by atoms with Crippen molar-refractivity contribution in [2.75, 3.05) is 59.4 Å². The highest BCUT2D eigenvalue weighted by Gasteiger charge is 2.37. The van der Waals surface area contributed by atoms with E-state index in [1.807, 2.05) is 56.3 Å². The molecular formula is C30H36FN9O4. The zero-order valence-corrected chi connectivity index (χ0v) is 25.1. The summed E-state index contributed by atoms with van der Waals surface area (Å²) in [4.78, 5) is 33.9. The van der Waals surface area contributed by atoms with Crippen LogP contribution in [0.3, 0.4) is 0 Å². The van der Waals surface area contributed by atoms with Crippen molar-refractivity contribution in [2.24, 2.45) is 0 Å². The minimum absolute atomic E-state index is 0.274. The number of para-hydroxylation sites is 1. The zero-order valence-electron chi connectivity index (χ0n) is 25.1. The van der Waals surface area contributed by atoms with E-state index in [4.69, 9.17) is 19.4 Å². The molecule has 4 aromatic rings. The van der Waals surface area contributed by atoms with E-state index in [9.17, 15) is 9.18 Å². The number of aromatic nitrogens is 5. The number of carbonyl (C=O) groups is 1. The maximum atomic E-state index is 14.0. The first-order valence-electron chi connectivity index (χ1n) is 14.2. The smallest absolute Gasteiger partial charge is 0.320 e. The predicted molar refractivity (Wildman–Crippen MR) is 161 cm³/mol. The molecule has 13 nitrogen and oxygen atoms in total. The molecule has 3 aromatic heterocycles. The summed E-state index contributed by atoms with van der Waals surface area (Å²) in [5.41, 5.74) is 3.29. The number of methoxy groups -OCH3 is 1. The summed E-state index contributed by atoms with van der Waals surface area (Å²) in [6.07, 6.45) is 4.05. The lowest BCUT2D eigenvalue weighted by atomic mass is 10.0. The molecule has 14 heteroatoms. The Bertz CT molecular complexity index is 1540. The number of urea groups is 1. The zero-order chi connectivity index (χ0) is 31.1. The van der Waals surface area contributed by atoms with Gasteiger partial charge in [-0.1, -0.05) is 18.2 Å². The van der Waals surface area contributed by atoms with Gasteiger partial charge in [0.05, 0.1) is 18.3 Å². The second kappa shape index (κ2) is 14.3.